The summed E-state index contributed by atoms with van der Waals surface area (Å²) in [5.74, 6) is 0.0452. The first-order valence-electron chi connectivity index (χ1n) is 8.97. The SMILES string of the molecule is COCCOc1ccccc1C(=O)NNC(=O)C(C)Oc1ccc(C)c(C)c1. The summed E-state index contributed by atoms with van der Waals surface area (Å²) < 4.78 is 16.1. The maximum absolute atomic E-state index is 12.4. The lowest BCUT2D eigenvalue weighted by Gasteiger charge is -2.16. The minimum absolute atomic E-state index is 0.307. The Hall–Kier alpha value is -3.06. The molecule has 0 radical (unpaired) electrons. The minimum Gasteiger partial charge on any atom is -0.490 e. The second kappa shape index (κ2) is 10.3. The monoisotopic (exact) mass is 386 g/mol. The van der Waals surface area contributed by atoms with Crippen molar-refractivity contribution in [2.24, 2.45) is 0 Å². The summed E-state index contributed by atoms with van der Waals surface area (Å²) in [6.45, 7) is 6.30. The van der Waals surface area contributed by atoms with Crippen LogP contribution in [0.25, 0.3) is 0 Å². The van der Waals surface area contributed by atoms with E-state index < -0.39 is 17.9 Å². The van der Waals surface area contributed by atoms with Gasteiger partial charge in [-0.1, -0.05) is 18.2 Å². The molecule has 2 aromatic rings. The molecular formula is C21H26N2O5. The molecule has 2 rings (SSSR count). The summed E-state index contributed by atoms with van der Waals surface area (Å²) in [4.78, 5) is 24.6. The molecule has 0 aliphatic carbocycles. The van der Waals surface area contributed by atoms with Gasteiger partial charge in [-0.15, -0.1) is 0 Å². The fourth-order valence-electron chi connectivity index (χ4n) is 2.35. The average molecular weight is 386 g/mol. The highest BCUT2D eigenvalue weighted by molar-refractivity contribution is 5.98. The van der Waals surface area contributed by atoms with E-state index in [1.807, 2.05) is 26.0 Å². The molecule has 7 nitrogen and oxygen atoms in total. The third-order valence-corrected chi connectivity index (χ3v) is 4.14. The predicted molar refractivity (Wildman–Crippen MR) is 105 cm³/mol. The van der Waals surface area contributed by atoms with Crippen molar-refractivity contribution in [1.82, 2.24) is 10.9 Å². The number of nitrogens with one attached hydrogen (secondary N) is 2. The van der Waals surface area contributed by atoms with E-state index in [4.69, 9.17) is 14.2 Å². The lowest BCUT2D eigenvalue weighted by molar-refractivity contribution is -0.128. The predicted octanol–water partition coefficient (Wildman–Crippen LogP) is 2.56. The molecule has 2 amide bonds. The molecule has 28 heavy (non-hydrogen) atoms. The van der Waals surface area contributed by atoms with Gasteiger partial charge in [0.2, 0.25) is 0 Å². The number of ether oxygens (including phenoxy) is 3. The van der Waals surface area contributed by atoms with Crippen molar-refractivity contribution in [3.8, 4) is 11.5 Å². The summed E-state index contributed by atoms with van der Waals surface area (Å²) in [5, 5.41) is 0. The van der Waals surface area contributed by atoms with E-state index in [9.17, 15) is 9.59 Å². The van der Waals surface area contributed by atoms with Crippen molar-refractivity contribution in [2.45, 2.75) is 26.9 Å². The molecule has 0 aliphatic rings. The van der Waals surface area contributed by atoms with Crippen molar-refractivity contribution in [3.05, 3.63) is 59.2 Å². The number of methoxy groups -OCH3 is 1. The Bertz CT molecular complexity index is 822. The van der Waals surface area contributed by atoms with Gasteiger partial charge in [0.15, 0.2) is 6.10 Å². The molecule has 0 spiro atoms. The lowest BCUT2D eigenvalue weighted by Crippen LogP contribution is -2.47. The van der Waals surface area contributed by atoms with Crippen LogP contribution in [-0.4, -0.2) is 38.2 Å². The Labute approximate surface area is 165 Å². The van der Waals surface area contributed by atoms with Crippen LogP contribution >= 0.6 is 0 Å². The Balaban J connectivity index is 1.91. The van der Waals surface area contributed by atoms with Gasteiger partial charge in [0.25, 0.3) is 11.8 Å². The number of hydrazine groups is 1. The van der Waals surface area contributed by atoms with Crippen LogP contribution < -0.4 is 20.3 Å². The van der Waals surface area contributed by atoms with Gasteiger partial charge in [-0.05, 0) is 56.2 Å². The van der Waals surface area contributed by atoms with Crippen LogP contribution in [0.15, 0.2) is 42.5 Å². The summed E-state index contributed by atoms with van der Waals surface area (Å²) in [6.07, 6.45) is -0.782. The number of benzene rings is 2. The van der Waals surface area contributed by atoms with E-state index in [0.717, 1.165) is 11.1 Å². The van der Waals surface area contributed by atoms with Crippen LogP contribution in [0.2, 0.25) is 0 Å². The standard InChI is InChI=1S/C21H26N2O5/c1-14-9-10-17(13-15(14)2)28-16(3)20(24)22-23-21(25)18-7-5-6-8-19(18)27-12-11-26-4/h5-10,13,16H,11-12H2,1-4H3,(H,22,24)(H,23,25). The zero-order valence-electron chi connectivity index (χ0n) is 16.6. The molecule has 0 saturated carbocycles. The zero-order valence-corrected chi connectivity index (χ0v) is 16.6. The van der Waals surface area contributed by atoms with E-state index in [2.05, 4.69) is 10.9 Å². The highest BCUT2D eigenvalue weighted by Gasteiger charge is 2.17. The topological polar surface area (TPSA) is 85.9 Å². The highest BCUT2D eigenvalue weighted by Crippen LogP contribution is 2.18. The van der Waals surface area contributed by atoms with Crippen LogP contribution in [0.3, 0.4) is 0 Å². The Morgan fingerprint density at radius 3 is 2.46 bits per heavy atom. The van der Waals surface area contributed by atoms with Gasteiger partial charge in [-0.2, -0.15) is 0 Å². The fourth-order valence-corrected chi connectivity index (χ4v) is 2.35. The number of aryl methyl sites for hydroxylation is 2. The normalized spacial score (nSPS) is 11.4. The van der Waals surface area contributed by atoms with E-state index in [-0.39, 0.29) is 0 Å². The second-order valence-corrected chi connectivity index (χ2v) is 6.29. The molecule has 0 bridgehead atoms. The quantitative estimate of drug-likeness (QED) is 0.538. The maximum atomic E-state index is 12.4. The number of amides is 2. The molecule has 0 heterocycles. The Morgan fingerprint density at radius 1 is 1.00 bits per heavy atom. The third kappa shape index (κ3) is 5.99. The molecule has 0 aromatic heterocycles. The molecule has 1 unspecified atom stereocenters. The Kier molecular flexibility index (Phi) is 7.83. The second-order valence-electron chi connectivity index (χ2n) is 6.29. The number of para-hydroxylation sites is 1. The van der Waals surface area contributed by atoms with E-state index in [1.54, 1.807) is 44.4 Å². The first-order valence-corrected chi connectivity index (χ1v) is 8.97. The smallest absolute Gasteiger partial charge is 0.279 e. The highest BCUT2D eigenvalue weighted by atomic mass is 16.5. The first kappa shape index (κ1) is 21.2. The van der Waals surface area contributed by atoms with Gasteiger partial charge in [0.05, 0.1) is 12.2 Å². The molecule has 1 atom stereocenters. The molecule has 2 N–H and O–H groups in total. The van der Waals surface area contributed by atoms with Gasteiger partial charge in [-0.3, -0.25) is 20.4 Å². The first-order chi connectivity index (χ1) is 13.4. The van der Waals surface area contributed by atoms with Crippen LogP contribution in [0.5, 0.6) is 11.5 Å². The minimum atomic E-state index is -0.782. The van der Waals surface area contributed by atoms with Crippen molar-refractivity contribution < 1.29 is 23.8 Å². The van der Waals surface area contributed by atoms with Crippen LogP contribution in [-0.2, 0) is 9.53 Å². The Morgan fingerprint density at radius 2 is 1.75 bits per heavy atom. The van der Waals surface area contributed by atoms with Crippen molar-refractivity contribution in [3.63, 3.8) is 0 Å². The summed E-state index contributed by atoms with van der Waals surface area (Å²) in [5.41, 5.74) is 7.29. The van der Waals surface area contributed by atoms with E-state index >= 15 is 0 Å². The van der Waals surface area contributed by atoms with E-state index in [0.29, 0.717) is 30.3 Å². The van der Waals surface area contributed by atoms with Crippen LogP contribution in [0.4, 0.5) is 0 Å². The molecule has 150 valence electrons. The van der Waals surface area contributed by atoms with Crippen molar-refractivity contribution in [2.75, 3.05) is 20.3 Å². The molecule has 2 aromatic carbocycles. The molecule has 7 heteroatoms. The molecule has 0 saturated heterocycles. The third-order valence-electron chi connectivity index (χ3n) is 4.14. The lowest BCUT2D eigenvalue weighted by atomic mass is 10.1. The number of hydrogen-bond acceptors (Lipinski definition) is 5. The number of carbonyl (C=O) groups is 2. The van der Waals surface area contributed by atoms with Gasteiger partial charge >= 0.3 is 0 Å². The van der Waals surface area contributed by atoms with Crippen LogP contribution in [0.1, 0.15) is 28.4 Å². The van der Waals surface area contributed by atoms with Gasteiger partial charge in [0.1, 0.15) is 18.1 Å². The van der Waals surface area contributed by atoms with Crippen LogP contribution in [0, 0.1) is 13.8 Å². The zero-order chi connectivity index (χ0) is 20.5. The number of rotatable bonds is 8. The van der Waals surface area contributed by atoms with Crippen molar-refractivity contribution >= 4 is 11.8 Å². The van der Waals surface area contributed by atoms with Gasteiger partial charge < -0.3 is 14.2 Å². The van der Waals surface area contributed by atoms with Gasteiger partial charge in [0, 0.05) is 7.11 Å². The maximum Gasteiger partial charge on any atom is 0.279 e. The molecular weight excluding hydrogens is 360 g/mol. The summed E-state index contributed by atoms with van der Waals surface area (Å²) >= 11 is 0. The summed E-state index contributed by atoms with van der Waals surface area (Å²) in [7, 11) is 1.57. The number of carbonyl (C=O) groups excluding carboxylic acids is 2. The molecule has 0 fully saturated rings. The van der Waals surface area contributed by atoms with Gasteiger partial charge in [-0.25, -0.2) is 0 Å². The van der Waals surface area contributed by atoms with E-state index in [1.165, 1.54) is 0 Å². The average Bonchev–Trinajstić information content (AvgIpc) is 2.69. The largest absolute Gasteiger partial charge is 0.490 e. The fraction of sp³-hybridized carbons (Fsp3) is 0.333. The summed E-state index contributed by atoms with van der Waals surface area (Å²) in [6, 6.07) is 12.4. The molecule has 0 aliphatic heterocycles. The van der Waals surface area contributed by atoms with Crippen molar-refractivity contribution in [1.29, 1.82) is 0 Å². The number of hydrogen-bond donors (Lipinski definition) is 2.